The summed E-state index contributed by atoms with van der Waals surface area (Å²) >= 11 is 3.88. The highest BCUT2D eigenvalue weighted by atomic mass is 79.9. The van der Waals surface area contributed by atoms with Crippen LogP contribution >= 0.6 is 27.7 Å². The smallest absolute Gasteiger partial charge is 0.269 e. The molecule has 0 spiro atoms. The van der Waals surface area contributed by atoms with Gasteiger partial charge in [-0.05, 0) is 24.5 Å². The molecule has 1 heterocycles. The summed E-state index contributed by atoms with van der Waals surface area (Å²) in [5, 5.41) is -0.240. The van der Waals surface area contributed by atoms with E-state index in [2.05, 4.69) is 20.9 Å². The Kier molecular flexibility index (Phi) is 4.43. The van der Waals surface area contributed by atoms with Gasteiger partial charge in [0.05, 0.1) is 5.69 Å². The Labute approximate surface area is 129 Å². The molecule has 3 nitrogen and oxygen atoms in total. The summed E-state index contributed by atoms with van der Waals surface area (Å²) in [6.07, 6.45) is -3.28. The van der Waals surface area contributed by atoms with Crippen molar-refractivity contribution in [2.45, 2.75) is 11.3 Å². The number of rotatable bonds is 2. The third kappa shape index (κ3) is 3.29. The standard InChI is InChI=1S/C12H7BrF4N2OS/c1-21-11-18-9(12(15,16)17)5-10(20)19(11)8-3-2-6(13)4-7(8)14/h2-5H,1H3. The molecule has 0 aliphatic carbocycles. The number of aromatic nitrogens is 2. The van der Waals surface area contributed by atoms with Crippen LogP contribution < -0.4 is 5.56 Å². The minimum atomic E-state index is -4.74. The summed E-state index contributed by atoms with van der Waals surface area (Å²) in [4.78, 5) is 15.3. The van der Waals surface area contributed by atoms with Gasteiger partial charge in [-0.15, -0.1) is 0 Å². The van der Waals surface area contributed by atoms with Gasteiger partial charge in [-0.25, -0.2) is 9.37 Å². The number of alkyl halides is 3. The summed E-state index contributed by atoms with van der Waals surface area (Å²) in [5.41, 5.74) is -2.46. The molecule has 2 rings (SSSR count). The molecule has 0 saturated heterocycles. The summed E-state index contributed by atoms with van der Waals surface area (Å²) in [6.45, 7) is 0. The van der Waals surface area contributed by atoms with Crippen molar-refractivity contribution in [2.75, 3.05) is 6.26 Å². The van der Waals surface area contributed by atoms with Crippen molar-refractivity contribution < 1.29 is 17.6 Å². The fourth-order valence-corrected chi connectivity index (χ4v) is 2.52. The summed E-state index contributed by atoms with van der Waals surface area (Å²) < 4.78 is 53.1. The molecule has 0 atom stereocenters. The Morgan fingerprint density at radius 1 is 1.29 bits per heavy atom. The maximum Gasteiger partial charge on any atom is 0.433 e. The highest BCUT2D eigenvalue weighted by Crippen LogP contribution is 2.29. The van der Waals surface area contributed by atoms with Crippen LogP contribution in [0.5, 0.6) is 0 Å². The van der Waals surface area contributed by atoms with Gasteiger partial charge in [-0.2, -0.15) is 13.2 Å². The zero-order valence-electron chi connectivity index (χ0n) is 10.4. The Balaban J connectivity index is 2.72. The normalized spacial score (nSPS) is 11.7. The second-order valence-corrected chi connectivity index (χ2v) is 5.58. The molecule has 0 saturated carbocycles. The van der Waals surface area contributed by atoms with Crippen molar-refractivity contribution in [3.8, 4) is 5.69 Å². The first-order valence-electron chi connectivity index (χ1n) is 5.44. The molecule has 1 aromatic heterocycles. The predicted octanol–water partition coefficient (Wildman–Crippen LogP) is 3.87. The Hall–Kier alpha value is -1.35. The highest BCUT2D eigenvalue weighted by Gasteiger charge is 2.34. The van der Waals surface area contributed by atoms with E-state index in [1.165, 1.54) is 18.4 Å². The van der Waals surface area contributed by atoms with Gasteiger partial charge in [-0.1, -0.05) is 27.7 Å². The maximum atomic E-state index is 13.9. The van der Waals surface area contributed by atoms with Gasteiger partial charge in [-0.3, -0.25) is 9.36 Å². The molecule has 0 bridgehead atoms. The van der Waals surface area contributed by atoms with Crippen LogP contribution in [0.3, 0.4) is 0 Å². The van der Waals surface area contributed by atoms with Gasteiger partial charge < -0.3 is 0 Å². The fourth-order valence-electron chi connectivity index (χ4n) is 1.63. The molecule has 0 amide bonds. The van der Waals surface area contributed by atoms with E-state index in [-0.39, 0.29) is 10.8 Å². The van der Waals surface area contributed by atoms with E-state index in [0.29, 0.717) is 10.5 Å². The lowest BCUT2D eigenvalue weighted by Crippen LogP contribution is -2.25. The molecule has 0 aliphatic rings. The Bertz CT molecular complexity index is 745. The Morgan fingerprint density at radius 2 is 1.95 bits per heavy atom. The molecule has 1 aromatic carbocycles. The van der Waals surface area contributed by atoms with Crippen molar-refractivity contribution in [3.63, 3.8) is 0 Å². The predicted molar refractivity (Wildman–Crippen MR) is 74.3 cm³/mol. The first kappa shape index (κ1) is 16.0. The fraction of sp³-hybridized carbons (Fsp3) is 0.167. The average molecular weight is 383 g/mol. The number of hydrogen-bond acceptors (Lipinski definition) is 3. The molecule has 0 fully saturated rings. The molecule has 9 heteroatoms. The molecule has 21 heavy (non-hydrogen) atoms. The number of halogens is 5. The minimum absolute atomic E-state index is 0.159. The monoisotopic (exact) mass is 382 g/mol. The van der Waals surface area contributed by atoms with Crippen LogP contribution in [0.1, 0.15) is 5.69 Å². The first-order valence-corrected chi connectivity index (χ1v) is 7.46. The minimum Gasteiger partial charge on any atom is -0.269 e. The largest absolute Gasteiger partial charge is 0.433 e. The van der Waals surface area contributed by atoms with Crippen LogP contribution in [-0.4, -0.2) is 15.8 Å². The van der Waals surface area contributed by atoms with E-state index in [1.807, 2.05) is 0 Å². The Morgan fingerprint density at radius 3 is 2.48 bits per heavy atom. The van der Waals surface area contributed by atoms with E-state index >= 15 is 0 Å². The molecular formula is C12H7BrF4N2OS. The van der Waals surface area contributed by atoms with Gasteiger partial charge in [0.15, 0.2) is 10.9 Å². The average Bonchev–Trinajstić information content (AvgIpc) is 2.37. The van der Waals surface area contributed by atoms with E-state index in [1.54, 1.807) is 0 Å². The lowest BCUT2D eigenvalue weighted by Gasteiger charge is -2.13. The van der Waals surface area contributed by atoms with Crippen LogP contribution in [0.25, 0.3) is 5.69 Å². The summed E-state index contributed by atoms with van der Waals surface area (Å²) in [5.74, 6) is -0.747. The topological polar surface area (TPSA) is 34.9 Å². The van der Waals surface area contributed by atoms with Crippen LogP contribution in [0.2, 0.25) is 0 Å². The maximum absolute atomic E-state index is 13.9. The van der Waals surface area contributed by atoms with E-state index < -0.39 is 23.2 Å². The highest BCUT2D eigenvalue weighted by molar-refractivity contribution is 9.10. The number of nitrogens with zero attached hydrogens (tertiary/aromatic N) is 2. The lowest BCUT2D eigenvalue weighted by molar-refractivity contribution is -0.141. The second-order valence-electron chi connectivity index (χ2n) is 3.90. The molecular weight excluding hydrogens is 376 g/mol. The van der Waals surface area contributed by atoms with Crippen molar-refractivity contribution in [2.24, 2.45) is 0 Å². The van der Waals surface area contributed by atoms with Gasteiger partial charge in [0.25, 0.3) is 5.56 Å². The molecule has 0 N–H and O–H groups in total. The van der Waals surface area contributed by atoms with E-state index in [4.69, 9.17) is 0 Å². The third-order valence-electron chi connectivity index (χ3n) is 2.51. The van der Waals surface area contributed by atoms with E-state index in [9.17, 15) is 22.4 Å². The van der Waals surface area contributed by atoms with Crippen LogP contribution in [0, 0.1) is 5.82 Å². The van der Waals surface area contributed by atoms with Crippen LogP contribution in [0.15, 0.2) is 38.7 Å². The lowest BCUT2D eigenvalue weighted by atomic mass is 10.3. The summed E-state index contributed by atoms with van der Waals surface area (Å²) in [7, 11) is 0. The van der Waals surface area contributed by atoms with Gasteiger partial charge >= 0.3 is 6.18 Å². The van der Waals surface area contributed by atoms with Gasteiger partial charge in [0.2, 0.25) is 0 Å². The molecule has 0 unspecified atom stereocenters. The van der Waals surface area contributed by atoms with Crippen LogP contribution in [-0.2, 0) is 6.18 Å². The number of thioether (sulfide) groups is 1. The van der Waals surface area contributed by atoms with Crippen LogP contribution in [0.4, 0.5) is 17.6 Å². The second kappa shape index (κ2) is 5.80. The molecule has 2 aromatic rings. The zero-order chi connectivity index (χ0) is 15.8. The molecule has 112 valence electrons. The number of hydrogen-bond donors (Lipinski definition) is 0. The SMILES string of the molecule is CSc1nc(C(F)(F)F)cc(=O)n1-c1ccc(Br)cc1F. The van der Waals surface area contributed by atoms with E-state index in [0.717, 1.165) is 22.4 Å². The first-order chi connectivity index (χ1) is 9.74. The van der Waals surface area contributed by atoms with Crippen molar-refractivity contribution in [1.82, 2.24) is 9.55 Å². The zero-order valence-corrected chi connectivity index (χ0v) is 12.8. The van der Waals surface area contributed by atoms with Crippen molar-refractivity contribution >= 4 is 27.7 Å². The number of benzene rings is 1. The quantitative estimate of drug-likeness (QED) is 0.449. The van der Waals surface area contributed by atoms with Gasteiger partial charge in [0.1, 0.15) is 5.82 Å². The van der Waals surface area contributed by atoms with Gasteiger partial charge in [0, 0.05) is 10.5 Å². The summed E-state index contributed by atoms with van der Waals surface area (Å²) in [6, 6.07) is 4.23. The van der Waals surface area contributed by atoms with Crippen molar-refractivity contribution in [3.05, 3.63) is 50.6 Å². The third-order valence-corrected chi connectivity index (χ3v) is 3.64. The molecule has 0 radical (unpaired) electrons. The molecule has 0 aliphatic heterocycles. The van der Waals surface area contributed by atoms with Crippen molar-refractivity contribution in [1.29, 1.82) is 0 Å².